The Kier molecular flexibility index (Phi) is 7.36. The Balaban J connectivity index is 1.00. The predicted molar refractivity (Wildman–Crippen MR) is 246 cm³/mol. The van der Waals surface area contributed by atoms with Crippen molar-refractivity contribution in [3.63, 3.8) is 0 Å². The maximum absolute atomic E-state index is 2.39. The topological polar surface area (TPSA) is 4.93 Å². The van der Waals surface area contributed by atoms with E-state index >= 15 is 0 Å². The number of fused-ring (bicyclic) bond motifs is 8. The van der Waals surface area contributed by atoms with Crippen LogP contribution in [0.15, 0.2) is 212 Å². The second-order valence-electron chi connectivity index (χ2n) is 15.6. The highest BCUT2D eigenvalue weighted by Crippen LogP contribution is 2.46. The molecular formula is C57H37N. The van der Waals surface area contributed by atoms with Gasteiger partial charge in [-0.15, -0.1) is 0 Å². The van der Waals surface area contributed by atoms with E-state index in [1.807, 2.05) is 0 Å². The van der Waals surface area contributed by atoms with Crippen LogP contribution < -0.4 is 0 Å². The van der Waals surface area contributed by atoms with Crippen molar-refractivity contribution in [3.05, 3.63) is 223 Å². The van der Waals surface area contributed by atoms with E-state index in [0.717, 1.165) is 6.42 Å². The molecule has 0 spiro atoms. The molecule has 1 heteroatoms. The van der Waals surface area contributed by atoms with Gasteiger partial charge in [-0.1, -0.05) is 164 Å². The van der Waals surface area contributed by atoms with Gasteiger partial charge in [0.15, 0.2) is 0 Å². The molecule has 0 N–H and O–H groups in total. The summed E-state index contributed by atoms with van der Waals surface area (Å²) in [6, 6.07) is 78.5. The normalized spacial score (nSPS) is 12.1. The standard InChI is InChI=1S/C57H37N/c1-2-19-45(20-3-1)58-54-27-11-10-22-47(54)53-36-40(30-31-55(53)58)38-16-13-18-44(33-38)57-50-25-8-6-23-48(50)56(49-24-7-9-26-51(49)57)43-17-12-15-37(32-43)39-28-29-42-34-41-14-4-5-21-46(41)52(42)35-39/h1-33,35-36H,34H2. The Morgan fingerprint density at radius 3 is 1.43 bits per heavy atom. The fourth-order valence-corrected chi connectivity index (χ4v) is 9.77. The SMILES string of the molecule is c1ccc(-n2c3ccccc3c3cc(-c4cccc(-c5c6ccccc6c(-c6cccc(-c7ccc8c(c7)-c7ccccc7C8)c6)c6ccccc56)c4)ccc32)cc1. The third-order valence-electron chi connectivity index (χ3n) is 12.4. The van der Waals surface area contributed by atoms with Crippen molar-refractivity contribution in [2.45, 2.75) is 6.42 Å². The van der Waals surface area contributed by atoms with Crippen molar-refractivity contribution < 1.29 is 0 Å². The second-order valence-corrected chi connectivity index (χ2v) is 15.6. The molecule has 1 aromatic heterocycles. The largest absolute Gasteiger partial charge is 0.309 e. The second kappa shape index (κ2) is 13.0. The molecule has 0 unspecified atom stereocenters. The molecule has 0 aliphatic heterocycles. The van der Waals surface area contributed by atoms with Crippen LogP contribution in [0.4, 0.5) is 0 Å². The van der Waals surface area contributed by atoms with Gasteiger partial charge in [0.1, 0.15) is 0 Å². The lowest BCUT2D eigenvalue weighted by molar-refractivity contribution is 1.18. The van der Waals surface area contributed by atoms with Crippen molar-refractivity contribution in [3.8, 4) is 61.3 Å². The summed E-state index contributed by atoms with van der Waals surface area (Å²) >= 11 is 0. The first kappa shape index (κ1) is 32.7. The van der Waals surface area contributed by atoms with Gasteiger partial charge in [-0.05, 0) is 143 Å². The summed E-state index contributed by atoms with van der Waals surface area (Å²) in [6.07, 6.45) is 1.01. The fourth-order valence-electron chi connectivity index (χ4n) is 9.77. The number of nitrogens with zero attached hydrogens (tertiary/aromatic N) is 1. The van der Waals surface area contributed by atoms with Crippen molar-refractivity contribution in [1.82, 2.24) is 4.57 Å². The van der Waals surface area contributed by atoms with E-state index in [1.54, 1.807) is 0 Å². The predicted octanol–water partition coefficient (Wildman–Crippen LogP) is 15.3. The average molecular weight is 736 g/mol. The third-order valence-corrected chi connectivity index (χ3v) is 12.4. The fraction of sp³-hybridized carbons (Fsp3) is 0.0175. The molecule has 0 radical (unpaired) electrons. The smallest absolute Gasteiger partial charge is 0.0541 e. The maximum atomic E-state index is 2.39. The highest BCUT2D eigenvalue weighted by Gasteiger charge is 2.21. The summed E-state index contributed by atoms with van der Waals surface area (Å²) in [6.45, 7) is 0. The van der Waals surface area contributed by atoms with Crippen LogP contribution in [0.2, 0.25) is 0 Å². The molecule has 0 atom stereocenters. The van der Waals surface area contributed by atoms with Gasteiger partial charge in [-0.3, -0.25) is 0 Å². The summed E-state index contributed by atoms with van der Waals surface area (Å²) in [4.78, 5) is 0. The lowest BCUT2D eigenvalue weighted by Crippen LogP contribution is -1.93. The molecule has 1 nitrogen and oxygen atoms in total. The van der Waals surface area contributed by atoms with Crippen LogP contribution in [0.1, 0.15) is 11.1 Å². The molecule has 10 aromatic carbocycles. The van der Waals surface area contributed by atoms with Crippen LogP contribution in [0.3, 0.4) is 0 Å². The molecule has 0 saturated heterocycles. The summed E-state index contributed by atoms with van der Waals surface area (Å²) in [5, 5.41) is 7.56. The Hall–Kier alpha value is -7.48. The first-order valence-corrected chi connectivity index (χ1v) is 20.2. The van der Waals surface area contributed by atoms with E-state index in [2.05, 4.69) is 217 Å². The molecule has 0 saturated carbocycles. The lowest BCUT2D eigenvalue weighted by Gasteiger charge is -2.19. The highest BCUT2D eigenvalue weighted by molar-refractivity contribution is 6.21. The van der Waals surface area contributed by atoms with Crippen molar-refractivity contribution >= 4 is 43.4 Å². The molecule has 0 fully saturated rings. The minimum absolute atomic E-state index is 1.01. The molecule has 1 heterocycles. The minimum Gasteiger partial charge on any atom is -0.309 e. The monoisotopic (exact) mass is 735 g/mol. The van der Waals surface area contributed by atoms with E-state index in [1.165, 1.54) is 116 Å². The van der Waals surface area contributed by atoms with Crippen LogP contribution in [-0.4, -0.2) is 4.57 Å². The van der Waals surface area contributed by atoms with Gasteiger partial charge in [0, 0.05) is 16.5 Å². The first-order valence-electron chi connectivity index (χ1n) is 20.2. The Morgan fingerprint density at radius 1 is 0.276 bits per heavy atom. The Labute approximate surface area is 337 Å². The van der Waals surface area contributed by atoms with Crippen molar-refractivity contribution in [1.29, 1.82) is 0 Å². The van der Waals surface area contributed by atoms with Gasteiger partial charge in [0.2, 0.25) is 0 Å². The van der Waals surface area contributed by atoms with Gasteiger partial charge in [-0.25, -0.2) is 0 Å². The summed E-state index contributed by atoms with van der Waals surface area (Å²) < 4.78 is 2.38. The zero-order valence-electron chi connectivity index (χ0n) is 31.9. The van der Waals surface area contributed by atoms with Crippen LogP contribution in [-0.2, 0) is 6.42 Å². The maximum Gasteiger partial charge on any atom is 0.0541 e. The minimum atomic E-state index is 1.01. The van der Waals surface area contributed by atoms with Crippen LogP contribution in [0.5, 0.6) is 0 Å². The molecule has 0 amide bonds. The number of hydrogen-bond acceptors (Lipinski definition) is 0. The van der Waals surface area contributed by atoms with E-state index < -0.39 is 0 Å². The molecule has 1 aliphatic carbocycles. The molecular weight excluding hydrogens is 699 g/mol. The summed E-state index contributed by atoms with van der Waals surface area (Å²) in [5.74, 6) is 0. The van der Waals surface area contributed by atoms with E-state index in [9.17, 15) is 0 Å². The van der Waals surface area contributed by atoms with Crippen molar-refractivity contribution in [2.24, 2.45) is 0 Å². The average Bonchev–Trinajstić information content (AvgIpc) is 3.83. The van der Waals surface area contributed by atoms with Crippen LogP contribution >= 0.6 is 0 Å². The van der Waals surface area contributed by atoms with E-state index in [0.29, 0.717) is 0 Å². The molecule has 58 heavy (non-hydrogen) atoms. The zero-order valence-corrected chi connectivity index (χ0v) is 31.9. The van der Waals surface area contributed by atoms with Gasteiger partial charge in [-0.2, -0.15) is 0 Å². The molecule has 1 aliphatic rings. The van der Waals surface area contributed by atoms with Gasteiger partial charge >= 0.3 is 0 Å². The Bertz CT molecular complexity index is 3360. The first-order chi connectivity index (χ1) is 28.8. The van der Waals surface area contributed by atoms with E-state index in [4.69, 9.17) is 0 Å². The molecule has 12 rings (SSSR count). The third kappa shape index (κ3) is 5.10. The zero-order chi connectivity index (χ0) is 38.2. The van der Waals surface area contributed by atoms with Gasteiger partial charge < -0.3 is 4.57 Å². The number of para-hydroxylation sites is 2. The lowest BCUT2D eigenvalue weighted by atomic mass is 9.85. The van der Waals surface area contributed by atoms with E-state index in [-0.39, 0.29) is 0 Å². The highest BCUT2D eigenvalue weighted by atomic mass is 15.0. The summed E-state index contributed by atoms with van der Waals surface area (Å²) in [5.41, 5.74) is 19.1. The molecule has 270 valence electrons. The van der Waals surface area contributed by atoms with Crippen LogP contribution in [0.25, 0.3) is 105 Å². The summed E-state index contributed by atoms with van der Waals surface area (Å²) in [7, 11) is 0. The van der Waals surface area contributed by atoms with Gasteiger partial charge in [0.25, 0.3) is 0 Å². The number of benzene rings is 10. The number of rotatable bonds is 5. The quantitative estimate of drug-likeness (QED) is 0.155. The van der Waals surface area contributed by atoms with Gasteiger partial charge in [0.05, 0.1) is 11.0 Å². The van der Waals surface area contributed by atoms with Crippen LogP contribution in [0, 0.1) is 0 Å². The number of hydrogen-bond donors (Lipinski definition) is 0. The Morgan fingerprint density at radius 2 is 0.759 bits per heavy atom. The molecule has 0 bridgehead atoms. The van der Waals surface area contributed by atoms with Crippen molar-refractivity contribution in [2.75, 3.05) is 0 Å². The number of aromatic nitrogens is 1. The molecule has 11 aromatic rings.